The summed E-state index contributed by atoms with van der Waals surface area (Å²) in [6, 6.07) is 5.90. The van der Waals surface area contributed by atoms with Crippen molar-refractivity contribution in [3.05, 3.63) is 40.4 Å². The van der Waals surface area contributed by atoms with E-state index < -0.39 is 0 Å². The highest BCUT2D eigenvalue weighted by Crippen LogP contribution is 2.15. The highest BCUT2D eigenvalue weighted by Gasteiger charge is 2.07. The number of hydrogen-bond acceptors (Lipinski definition) is 2. The highest BCUT2D eigenvalue weighted by atomic mass is 35.5. The number of ether oxygens (including phenoxy) is 1. The molecule has 0 fully saturated rings. The molecule has 0 aromatic heterocycles. The summed E-state index contributed by atoms with van der Waals surface area (Å²) in [7, 11) is 0. The van der Waals surface area contributed by atoms with Crippen LogP contribution in [0.25, 0.3) is 6.08 Å². The minimum absolute atomic E-state index is 0.318. The van der Waals surface area contributed by atoms with Gasteiger partial charge in [0.15, 0.2) is 0 Å². The van der Waals surface area contributed by atoms with Gasteiger partial charge in [0.05, 0.1) is 0 Å². The summed E-state index contributed by atoms with van der Waals surface area (Å²) in [6.07, 6.45) is 4.10. The number of halogens is 1. The van der Waals surface area contributed by atoms with E-state index in [1.54, 1.807) is 0 Å². The summed E-state index contributed by atoms with van der Waals surface area (Å²) >= 11 is 5.79. The maximum absolute atomic E-state index is 9.60. The fourth-order valence-corrected chi connectivity index (χ4v) is 1.38. The van der Waals surface area contributed by atoms with Crippen molar-refractivity contribution in [2.75, 3.05) is 0 Å². The van der Waals surface area contributed by atoms with Gasteiger partial charge in [0.25, 0.3) is 6.47 Å². The summed E-state index contributed by atoms with van der Waals surface area (Å²) < 4.78 is 4.55. The normalized spacial score (nSPS) is 10.8. The summed E-state index contributed by atoms with van der Waals surface area (Å²) in [5.41, 5.74) is 2.13. The van der Waals surface area contributed by atoms with Crippen molar-refractivity contribution >= 4 is 24.1 Å². The molecule has 0 saturated carbocycles. The number of carbonyl (C=O) groups is 1. The van der Waals surface area contributed by atoms with E-state index >= 15 is 0 Å². The van der Waals surface area contributed by atoms with Crippen LogP contribution < -0.4 is 0 Å². The second-order valence-electron chi connectivity index (χ2n) is 4.83. The Morgan fingerprint density at radius 3 is 2.22 bits per heavy atom. The molecule has 0 aliphatic heterocycles. The van der Waals surface area contributed by atoms with Crippen LogP contribution in [-0.4, -0.2) is 12.1 Å². The zero-order chi connectivity index (χ0) is 14.2. The Labute approximate surface area is 115 Å². The molecule has 0 spiro atoms. The van der Waals surface area contributed by atoms with Gasteiger partial charge >= 0.3 is 0 Å². The Balaban J connectivity index is 0.000000360. The van der Waals surface area contributed by atoms with Gasteiger partial charge in [-0.2, -0.15) is 0 Å². The van der Waals surface area contributed by atoms with Gasteiger partial charge in [-0.3, -0.25) is 4.79 Å². The highest BCUT2D eigenvalue weighted by molar-refractivity contribution is 6.30. The SMILES string of the molecule is C/C=C/c1ccc(Cl)cc1C.CC(C)(C)OC=O. The van der Waals surface area contributed by atoms with E-state index in [1.165, 1.54) is 11.1 Å². The van der Waals surface area contributed by atoms with Crippen LogP contribution in [0, 0.1) is 6.92 Å². The number of carbonyl (C=O) groups excluding carboxylic acids is 1. The number of rotatable bonds is 2. The molecular formula is C15H21ClO2. The fourth-order valence-electron chi connectivity index (χ4n) is 1.15. The minimum Gasteiger partial charge on any atom is -0.462 e. The van der Waals surface area contributed by atoms with E-state index in [0.717, 1.165) is 5.02 Å². The average molecular weight is 269 g/mol. The van der Waals surface area contributed by atoms with Crippen LogP contribution in [0.2, 0.25) is 5.02 Å². The van der Waals surface area contributed by atoms with Crippen molar-refractivity contribution < 1.29 is 9.53 Å². The molecule has 3 heteroatoms. The van der Waals surface area contributed by atoms with E-state index in [9.17, 15) is 4.79 Å². The zero-order valence-electron chi connectivity index (χ0n) is 11.7. The van der Waals surface area contributed by atoms with Gasteiger partial charge in [0.2, 0.25) is 0 Å². The van der Waals surface area contributed by atoms with Gasteiger partial charge in [0.1, 0.15) is 5.60 Å². The standard InChI is InChI=1S/C10H11Cl.C5H10O2/c1-3-4-9-5-6-10(11)7-8(9)2;1-5(2,3)7-4-6/h3-7H,1-2H3;4H,1-3H3/b4-3+;. The van der Waals surface area contributed by atoms with Gasteiger partial charge in [-0.05, 0) is 57.9 Å². The molecule has 0 unspecified atom stereocenters. The molecule has 1 aromatic rings. The van der Waals surface area contributed by atoms with Crippen molar-refractivity contribution in [3.8, 4) is 0 Å². The molecule has 0 atom stereocenters. The molecule has 0 radical (unpaired) electrons. The van der Waals surface area contributed by atoms with Crippen molar-refractivity contribution in [1.29, 1.82) is 0 Å². The predicted molar refractivity (Wildman–Crippen MR) is 77.8 cm³/mol. The van der Waals surface area contributed by atoms with E-state index in [2.05, 4.69) is 17.7 Å². The van der Waals surface area contributed by atoms with Crippen LogP contribution in [0.3, 0.4) is 0 Å². The maximum atomic E-state index is 9.60. The molecule has 0 saturated heterocycles. The summed E-state index contributed by atoms with van der Waals surface area (Å²) in [4.78, 5) is 9.60. The quantitative estimate of drug-likeness (QED) is 0.731. The van der Waals surface area contributed by atoms with Crippen LogP contribution in [0.15, 0.2) is 24.3 Å². The Morgan fingerprint density at radius 1 is 1.28 bits per heavy atom. The first-order valence-electron chi connectivity index (χ1n) is 5.80. The molecule has 1 aromatic carbocycles. The second-order valence-corrected chi connectivity index (χ2v) is 5.26. The Hall–Kier alpha value is -1.28. The number of benzene rings is 1. The number of hydrogen-bond donors (Lipinski definition) is 0. The summed E-state index contributed by atoms with van der Waals surface area (Å²) in [6.45, 7) is 9.99. The van der Waals surface area contributed by atoms with Crippen LogP contribution in [-0.2, 0) is 9.53 Å². The third-order valence-corrected chi connectivity index (χ3v) is 2.21. The smallest absolute Gasteiger partial charge is 0.293 e. The third kappa shape index (κ3) is 7.91. The molecule has 18 heavy (non-hydrogen) atoms. The predicted octanol–water partition coefficient (Wildman–Crippen LogP) is 4.64. The molecule has 100 valence electrons. The largest absolute Gasteiger partial charge is 0.462 e. The third-order valence-electron chi connectivity index (χ3n) is 1.98. The van der Waals surface area contributed by atoms with Crippen LogP contribution in [0.1, 0.15) is 38.8 Å². The lowest BCUT2D eigenvalue weighted by Crippen LogP contribution is -2.17. The first kappa shape index (κ1) is 16.7. The topological polar surface area (TPSA) is 26.3 Å². The fraction of sp³-hybridized carbons (Fsp3) is 0.400. The summed E-state index contributed by atoms with van der Waals surface area (Å²) in [5, 5.41) is 0.802. The minimum atomic E-state index is -0.318. The molecule has 1 rings (SSSR count). The zero-order valence-corrected chi connectivity index (χ0v) is 12.4. The van der Waals surface area contributed by atoms with Crippen molar-refractivity contribution in [2.45, 2.75) is 40.2 Å². The van der Waals surface area contributed by atoms with Crippen molar-refractivity contribution in [1.82, 2.24) is 0 Å². The van der Waals surface area contributed by atoms with Crippen LogP contribution in [0.5, 0.6) is 0 Å². The molecule has 0 N–H and O–H groups in total. The van der Waals surface area contributed by atoms with Crippen molar-refractivity contribution in [3.63, 3.8) is 0 Å². The Kier molecular flexibility index (Phi) is 7.37. The van der Waals surface area contributed by atoms with E-state index in [4.69, 9.17) is 11.6 Å². The van der Waals surface area contributed by atoms with Crippen LogP contribution in [0.4, 0.5) is 0 Å². The lowest BCUT2D eigenvalue weighted by Gasteiger charge is -2.14. The lowest BCUT2D eigenvalue weighted by atomic mass is 10.1. The van der Waals surface area contributed by atoms with Gasteiger partial charge in [-0.15, -0.1) is 0 Å². The number of allylic oxidation sites excluding steroid dienone is 1. The summed E-state index contributed by atoms with van der Waals surface area (Å²) in [5.74, 6) is 0. The van der Waals surface area contributed by atoms with Crippen LogP contribution >= 0.6 is 11.6 Å². The van der Waals surface area contributed by atoms with Gasteiger partial charge < -0.3 is 4.74 Å². The van der Waals surface area contributed by atoms with Gasteiger partial charge in [-0.1, -0.05) is 29.8 Å². The first-order chi connectivity index (χ1) is 8.30. The Bertz CT molecular complexity index is 403. The van der Waals surface area contributed by atoms with Gasteiger partial charge in [-0.25, -0.2) is 0 Å². The molecule has 0 heterocycles. The number of aryl methyl sites for hydroxylation is 1. The van der Waals surface area contributed by atoms with E-state index in [1.807, 2.05) is 52.0 Å². The monoisotopic (exact) mass is 268 g/mol. The Morgan fingerprint density at radius 2 is 1.89 bits per heavy atom. The molecule has 0 bridgehead atoms. The van der Waals surface area contributed by atoms with E-state index in [-0.39, 0.29) is 5.60 Å². The molecule has 2 nitrogen and oxygen atoms in total. The first-order valence-corrected chi connectivity index (χ1v) is 6.18. The average Bonchev–Trinajstić information content (AvgIpc) is 2.21. The van der Waals surface area contributed by atoms with Gasteiger partial charge in [0, 0.05) is 5.02 Å². The molecular weight excluding hydrogens is 248 g/mol. The molecule has 0 amide bonds. The molecule has 0 aliphatic carbocycles. The van der Waals surface area contributed by atoms with Crippen molar-refractivity contribution in [2.24, 2.45) is 0 Å². The molecule has 0 aliphatic rings. The lowest BCUT2D eigenvalue weighted by molar-refractivity contribution is -0.138. The second kappa shape index (κ2) is 7.93. The maximum Gasteiger partial charge on any atom is 0.293 e. The van der Waals surface area contributed by atoms with E-state index in [0.29, 0.717) is 6.47 Å².